The van der Waals surface area contributed by atoms with Crippen molar-refractivity contribution in [2.45, 2.75) is 32.2 Å². The van der Waals surface area contributed by atoms with Gasteiger partial charge in [-0.1, -0.05) is 13.0 Å². The highest BCUT2D eigenvalue weighted by molar-refractivity contribution is 5.58. The predicted octanol–water partition coefficient (Wildman–Crippen LogP) is 0.975. The average Bonchev–Trinajstić information content (AvgIpc) is 2.71. The van der Waals surface area contributed by atoms with E-state index in [0.29, 0.717) is 18.9 Å². The molecule has 1 fully saturated rings. The number of imidazole rings is 1. The highest BCUT2D eigenvalue weighted by Gasteiger charge is 2.23. The number of nitrogens with one attached hydrogen (secondary N) is 1. The SMILES string of the molecule is CC/C=C\c1c(N)[nH]c(=O)n1C1CCN(C=O)CC1. The van der Waals surface area contributed by atoms with E-state index in [-0.39, 0.29) is 11.7 Å². The highest BCUT2D eigenvalue weighted by Crippen LogP contribution is 2.24. The van der Waals surface area contributed by atoms with Crippen molar-refractivity contribution >= 4 is 18.3 Å². The zero-order chi connectivity index (χ0) is 13.8. The minimum absolute atomic E-state index is 0.105. The summed E-state index contributed by atoms with van der Waals surface area (Å²) in [5.74, 6) is 0.410. The summed E-state index contributed by atoms with van der Waals surface area (Å²) >= 11 is 0. The Kier molecular flexibility index (Phi) is 4.09. The monoisotopic (exact) mass is 264 g/mol. The number of rotatable bonds is 4. The first-order chi connectivity index (χ1) is 9.17. The summed E-state index contributed by atoms with van der Waals surface area (Å²) in [6.07, 6.45) is 7.19. The predicted molar refractivity (Wildman–Crippen MR) is 74.7 cm³/mol. The molecule has 0 bridgehead atoms. The second kappa shape index (κ2) is 5.77. The van der Waals surface area contributed by atoms with Crippen LogP contribution in [0.3, 0.4) is 0 Å². The van der Waals surface area contributed by atoms with Crippen LogP contribution in [0.15, 0.2) is 10.9 Å². The van der Waals surface area contributed by atoms with E-state index in [1.165, 1.54) is 0 Å². The molecular weight excluding hydrogens is 244 g/mol. The number of nitrogens with two attached hydrogens (primary N) is 1. The largest absolute Gasteiger partial charge is 0.383 e. The van der Waals surface area contributed by atoms with E-state index in [2.05, 4.69) is 4.98 Å². The van der Waals surface area contributed by atoms with Crippen LogP contribution < -0.4 is 11.4 Å². The molecule has 1 saturated heterocycles. The summed E-state index contributed by atoms with van der Waals surface area (Å²) in [4.78, 5) is 27.1. The maximum atomic E-state index is 12.0. The minimum Gasteiger partial charge on any atom is -0.383 e. The summed E-state index contributed by atoms with van der Waals surface area (Å²) in [5.41, 5.74) is 6.43. The lowest BCUT2D eigenvalue weighted by Crippen LogP contribution is -2.36. The Morgan fingerprint density at radius 3 is 2.68 bits per heavy atom. The maximum Gasteiger partial charge on any atom is 0.327 e. The molecule has 0 atom stereocenters. The molecule has 1 amide bonds. The first kappa shape index (κ1) is 13.5. The summed E-state index contributed by atoms with van der Waals surface area (Å²) in [7, 11) is 0. The van der Waals surface area contributed by atoms with E-state index in [4.69, 9.17) is 5.73 Å². The molecule has 1 aliphatic heterocycles. The highest BCUT2D eigenvalue weighted by atomic mass is 16.1. The molecule has 3 N–H and O–H groups in total. The van der Waals surface area contributed by atoms with Gasteiger partial charge in [0.05, 0.1) is 5.69 Å². The molecule has 2 rings (SSSR count). The zero-order valence-corrected chi connectivity index (χ0v) is 11.1. The number of nitrogens with zero attached hydrogens (tertiary/aromatic N) is 2. The number of allylic oxidation sites excluding steroid dienone is 1. The molecule has 1 aromatic heterocycles. The topological polar surface area (TPSA) is 84.1 Å². The van der Waals surface area contributed by atoms with Crippen LogP contribution in [0.1, 0.15) is 37.9 Å². The molecule has 0 saturated carbocycles. The summed E-state index contributed by atoms with van der Waals surface area (Å²) in [5, 5.41) is 0. The second-order valence-electron chi connectivity index (χ2n) is 4.78. The Balaban J connectivity index is 2.27. The van der Waals surface area contributed by atoms with Crippen LogP contribution in [0, 0.1) is 0 Å². The van der Waals surface area contributed by atoms with Gasteiger partial charge in [-0.2, -0.15) is 0 Å². The fraction of sp³-hybridized carbons (Fsp3) is 0.538. The van der Waals surface area contributed by atoms with Gasteiger partial charge in [0, 0.05) is 19.1 Å². The molecule has 104 valence electrons. The van der Waals surface area contributed by atoms with Crippen LogP contribution in [0.5, 0.6) is 0 Å². The van der Waals surface area contributed by atoms with Crippen LogP contribution in [0.4, 0.5) is 5.82 Å². The molecule has 0 aromatic carbocycles. The smallest absolute Gasteiger partial charge is 0.327 e. The van der Waals surface area contributed by atoms with Gasteiger partial charge in [0.15, 0.2) is 0 Å². The number of hydrogen-bond donors (Lipinski definition) is 2. The number of carbonyl (C=O) groups excluding carboxylic acids is 1. The van der Waals surface area contributed by atoms with Crippen molar-refractivity contribution in [2.24, 2.45) is 0 Å². The van der Waals surface area contributed by atoms with Crippen LogP contribution in [0.2, 0.25) is 0 Å². The van der Waals surface area contributed by atoms with Gasteiger partial charge in [0.1, 0.15) is 5.82 Å². The van der Waals surface area contributed by atoms with E-state index in [0.717, 1.165) is 31.4 Å². The van der Waals surface area contributed by atoms with Crippen molar-refractivity contribution < 1.29 is 4.79 Å². The van der Waals surface area contributed by atoms with E-state index < -0.39 is 0 Å². The number of hydrogen-bond acceptors (Lipinski definition) is 3. The van der Waals surface area contributed by atoms with Crippen molar-refractivity contribution in [3.63, 3.8) is 0 Å². The normalized spacial score (nSPS) is 17.2. The molecule has 6 nitrogen and oxygen atoms in total. The standard InChI is InChI=1S/C13H20N4O2/c1-2-3-4-11-12(14)15-13(19)17(11)10-5-7-16(9-18)8-6-10/h3-4,9-10H,2,5-8,14H2,1H3,(H,15,19)/b4-3-. The van der Waals surface area contributed by atoms with Crippen LogP contribution in [-0.4, -0.2) is 34.0 Å². The third-order valence-electron chi connectivity index (χ3n) is 3.52. The van der Waals surface area contributed by atoms with Gasteiger partial charge in [-0.25, -0.2) is 4.79 Å². The number of amides is 1. The molecule has 0 unspecified atom stereocenters. The van der Waals surface area contributed by atoms with Crippen LogP contribution >= 0.6 is 0 Å². The molecule has 0 spiro atoms. The number of anilines is 1. The summed E-state index contributed by atoms with van der Waals surface area (Å²) in [6.45, 7) is 3.40. The van der Waals surface area contributed by atoms with Crippen molar-refractivity contribution in [1.82, 2.24) is 14.5 Å². The van der Waals surface area contributed by atoms with Crippen molar-refractivity contribution in [3.8, 4) is 0 Å². The number of H-pyrrole nitrogens is 1. The molecular formula is C13H20N4O2. The molecule has 1 aliphatic rings. The fourth-order valence-corrected chi connectivity index (χ4v) is 2.49. The van der Waals surface area contributed by atoms with E-state index >= 15 is 0 Å². The molecule has 1 aromatic rings. The van der Waals surface area contributed by atoms with Gasteiger partial charge in [-0.3, -0.25) is 14.3 Å². The third kappa shape index (κ3) is 2.72. The van der Waals surface area contributed by atoms with Crippen LogP contribution in [-0.2, 0) is 4.79 Å². The van der Waals surface area contributed by atoms with Crippen LogP contribution in [0.25, 0.3) is 6.08 Å². The fourth-order valence-electron chi connectivity index (χ4n) is 2.49. The van der Waals surface area contributed by atoms with Gasteiger partial charge >= 0.3 is 5.69 Å². The number of aromatic nitrogens is 2. The van der Waals surface area contributed by atoms with Gasteiger partial charge in [0.25, 0.3) is 0 Å². The number of piperidine rings is 1. The second-order valence-corrected chi connectivity index (χ2v) is 4.78. The van der Waals surface area contributed by atoms with E-state index in [1.54, 1.807) is 9.47 Å². The van der Waals surface area contributed by atoms with Crippen molar-refractivity contribution in [3.05, 3.63) is 22.3 Å². The minimum atomic E-state index is -0.169. The number of carbonyl (C=O) groups is 1. The summed E-state index contributed by atoms with van der Waals surface area (Å²) < 4.78 is 1.73. The Morgan fingerprint density at radius 2 is 2.11 bits per heavy atom. The van der Waals surface area contributed by atoms with Gasteiger partial charge in [-0.05, 0) is 25.3 Å². The number of nitrogen functional groups attached to an aromatic ring is 1. The Bertz CT molecular complexity index is 521. The lowest BCUT2D eigenvalue weighted by molar-refractivity contribution is -0.119. The Morgan fingerprint density at radius 1 is 1.42 bits per heavy atom. The average molecular weight is 264 g/mol. The van der Waals surface area contributed by atoms with Gasteiger partial charge < -0.3 is 10.6 Å². The molecule has 0 radical (unpaired) electrons. The first-order valence-electron chi connectivity index (χ1n) is 6.63. The molecule has 0 aliphatic carbocycles. The molecule has 6 heteroatoms. The number of aromatic amines is 1. The van der Waals surface area contributed by atoms with E-state index in [1.807, 2.05) is 19.1 Å². The first-order valence-corrected chi connectivity index (χ1v) is 6.63. The van der Waals surface area contributed by atoms with Crippen molar-refractivity contribution in [2.75, 3.05) is 18.8 Å². The quantitative estimate of drug-likeness (QED) is 0.795. The Hall–Kier alpha value is -1.98. The van der Waals surface area contributed by atoms with Gasteiger partial charge in [0.2, 0.25) is 6.41 Å². The molecule has 19 heavy (non-hydrogen) atoms. The van der Waals surface area contributed by atoms with Gasteiger partial charge in [-0.15, -0.1) is 0 Å². The Labute approximate surface area is 111 Å². The lowest BCUT2D eigenvalue weighted by Gasteiger charge is -2.30. The van der Waals surface area contributed by atoms with Crippen molar-refractivity contribution in [1.29, 1.82) is 0 Å². The lowest BCUT2D eigenvalue weighted by atomic mass is 10.0. The van der Waals surface area contributed by atoms with E-state index in [9.17, 15) is 9.59 Å². The third-order valence-corrected chi connectivity index (χ3v) is 3.52. The zero-order valence-electron chi connectivity index (χ0n) is 11.1. The number of likely N-dealkylation sites (tertiary alicyclic amines) is 1. The maximum absolute atomic E-state index is 12.0. The summed E-state index contributed by atoms with van der Waals surface area (Å²) in [6, 6.07) is 0.105. The molecule has 2 heterocycles.